The van der Waals surface area contributed by atoms with E-state index in [0.29, 0.717) is 0 Å². The fourth-order valence-corrected chi connectivity index (χ4v) is 3.97. The molecule has 9 heteroatoms. The van der Waals surface area contributed by atoms with Crippen molar-refractivity contribution < 1.29 is 33.0 Å². The van der Waals surface area contributed by atoms with Crippen LogP contribution in [0.1, 0.15) is 37.3 Å². The standard InChI is InChI=1S/C24H26F2N2O5/c1-13(2)21(23(31)27-19(22(25)26)11-20(29)30)28-24(32)33-12-18-16-9-5-3-7-14(16)15-8-4-6-10-17(15)18/h3-10,13,18-19,21-22H,11-12H2,1-2H3,(H,27,31)(H,28,32)(H,29,30)/t19?,21-/m0/s1. The maximum atomic E-state index is 13.1. The third-order valence-electron chi connectivity index (χ3n) is 5.59. The van der Waals surface area contributed by atoms with Crippen LogP contribution in [0.5, 0.6) is 0 Å². The summed E-state index contributed by atoms with van der Waals surface area (Å²) in [5.41, 5.74) is 4.19. The molecule has 7 nitrogen and oxygen atoms in total. The second-order valence-corrected chi connectivity index (χ2v) is 8.24. The number of alkyl halides is 2. The van der Waals surface area contributed by atoms with Gasteiger partial charge in [0.25, 0.3) is 6.43 Å². The van der Waals surface area contributed by atoms with Gasteiger partial charge in [-0.15, -0.1) is 0 Å². The zero-order chi connectivity index (χ0) is 24.1. The van der Waals surface area contributed by atoms with Crippen LogP contribution >= 0.6 is 0 Å². The number of halogens is 2. The van der Waals surface area contributed by atoms with Gasteiger partial charge in [-0.3, -0.25) is 9.59 Å². The zero-order valence-electron chi connectivity index (χ0n) is 18.3. The van der Waals surface area contributed by atoms with Gasteiger partial charge in [0.2, 0.25) is 5.91 Å². The van der Waals surface area contributed by atoms with Gasteiger partial charge in [-0.2, -0.15) is 0 Å². The van der Waals surface area contributed by atoms with E-state index in [9.17, 15) is 23.2 Å². The van der Waals surface area contributed by atoms with Gasteiger partial charge >= 0.3 is 12.1 Å². The van der Waals surface area contributed by atoms with Crippen molar-refractivity contribution in [2.45, 2.75) is 44.7 Å². The maximum Gasteiger partial charge on any atom is 0.407 e. The average molecular weight is 460 g/mol. The van der Waals surface area contributed by atoms with Crippen LogP contribution in [0.3, 0.4) is 0 Å². The molecule has 33 heavy (non-hydrogen) atoms. The molecule has 1 unspecified atom stereocenters. The van der Waals surface area contributed by atoms with Crippen molar-refractivity contribution in [3.63, 3.8) is 0 Å². The molecule has 3 N–H and O–H groups in total. The molecule has 0 radical (unpaired) electrons. The molecule has 3 rings (SSSR count). The number of nitrogens with one attached hydrogen (secondary N) is 2. The zero-order valence-corrected chi connectivity index (χ0v) is 18.3. The number of carboxylic acids is 1. The molecule has 176 valence electrons. The van der Waals surface area contributed by atoms with Crippen LogP contribution < -0.4 is 10.6 Å². The molecule has 2 aromatic rings. The Morgan fingerprint density at radius 3 is 2.00 bits per heavy atom. The normalized spacial score (nSPS) is 14.4. The van der Waals surface area contributed by atoms with E-state index in [1.807, 2.05) is 53.8 Å². The number of fused-ring (bicyclic) bond motifs is 3. The SMILES string of the molecule is CC(C)[C@H](NC(=O)OCC1c2ccccc2-c2ccccc21)C(=O)NC(CC(=O)O)C(F)F. The molecule has 2 atom stereocenters. The fourth-order valence-electron chi connectivity index (χ4n) is 3.97. The summed E-state index contributed by atoms with van der Waals surface area (Å²) in [6, 6.07) is 12.6. The molecule has 0 aromatic heterocycles. The van der Waals surface area contributed by atoms with Gasteiger partial charge in [-0.05, 0) is 28.2 Å². The molecule has 0 fully saturated rings. The maximum absolute atomic E-state index is 13.1. The van der Waals surface area contributed by atoms with E-state index in [4.69, 9.17) is 9.84 Å². The van der Waals surface area contributed by atoms with Gasteiger partial charge in [0.1, 0.15) is 18.7 Å². The summed E-state index contributed by atoms with van der Waals surface area (Å²) in [7, 11) is 0. The van der Waals surface area contributed by atoms with Crippen LogP contribution in [0.25, 0.3) is 11.1 Å². The number of alkyl carbamates (subject to hydrolysis) is 1. The Bertz CT molecular complexity index is 982. The Hall–Kier alpha value is -3.49. The Kier molecular flexibility index (Phi) is 7.63. The van der Waals surface area contributed by atoms with E-state index < -0.39 is 48.8 Å². The lowest BCUT2D eigenvalue weighted by molar-refractivity contribution is -0.139. The van der Waals surface area contributed by atoms with E-state index >= 15 is 0 Å². The molecule has 0 spiro atoms. The molecular weight excluding hydrogens is 434 g/mol. The first-order valence-electron chi connectivity index (χ1n) is 10.6. The largest absolute Gasteiger partial charge is 0.481 e. The third kappa shape index (κ3) is 5.66. The number of benzene rings is 2. The first-order chi connectivity index (χ1) is 15.7. The highest BCUT2D eigenvalue weighted by Gasteiger charge is 2.32. The van der Waals surface area contributed by atoms with Gasteiger partial charge < -0.3 is 20.5 Å². The lowest BCUT2D eigenvalue weighted by Crippen LogP contribution is -2.54. The summed E-state index contributed by atoms with van der Waals surface area (Å²) < 4.78 is 31.6. The number of hydrogen-bond donors (Lipinski definition) is 3. The van der Waals surface area contributed by atoms with Gasteiger partial charge in [0, 0.05) is 5.92 Å². The smallest absolute Gasteiger partial charge is 0.407 e. The second-order valence-electron chi connectivity index (χ2n) is 8.24. The van der Waals surface area contributed by atoms with Gasteiger partial charge in [-0.25, -0.2) is 13.6 Å². The predicted molar refractivity (Wildman–Crippen MR) is 117 cm³/mol. The van der Waals surface area contributed by atoms with Gasteiger partial charge in [-0.1, -0.05) is 62.4 Å². The number of carbonyl (C=O) groups excluding carboxylic acids is 2. The number of aliphatic carboxylic acids is 1. The van der Waals surface area contributed by atoms with E-state index in [0.717, 1.165) is 22.3 Å². The van der Waals surface area contributed by atoms with Gasteiger partial charge in [0.05, 0.1) is 6.42 Å². The van der Waals surface area contributed by atoms with Crippen LogP contribution in [-0.4, -0.2) is 48.2 Å². The minimum Gasteiger partial charge on any atom is -0.481 e. The summed E-state index contributed by atoms with van der Waals surface area (Å²) >= 11 is 0. The topological polar surface area (TPSA) is 105 Å². The van der Waals surface area contributed by atoms with Crippen molar-refractivity contribution in [3.8, 4) is 11.1 Å². The van der Waals surface area contributed by atoms with Crippen LogP contribution in [-0.2, 0) is 14.3 Å². The highest BCUT2D eigenvalue weighted by Crippen LogP contribution is 2.44. The highest BCUT2D eigenvalue weighted by atomic mass is 19.3. The molecular formula is C24H26F2N2O5. The van der Waals surface area contributed by atoms with Crippen molar-refractivity contribution >= 4 is 18.0 Å². The average Bonchev–Trinajstić information content (AvgIpc) is 3.08. The highest BCUT2D eigenvalue weighted by molar-refractivity contribution is 5.86. The predicted octanol–water partition coefficient (Wildman–Crippen LogP) is 3.77. The van der Waals surface area contributed by atoms with E-state index in [1.54, 1.807) is 13.8 Å². The lowest BCUT2D eigenvalue weighted by atomic mass is 9.98. The molecule has 2 amide bonds. The molecule has 2 aromatic carbocycles. The fraction of sp³-hybridized carbons (Fsp3) is 0.375. The Balaban J connectivity index is 1.65. The molecule has 0 heterocycles. The van der Waals surface area contributed by atoms with Crippen LogP contribution in [0.2, 0.25) is 0 Å². The Labute approximate surface area is 190 Å². The minimum atomic E-state index is -3.06. The third-order valence-corrected chi connectivity index (χ3v) is 5.59. The number of hydrogen-bond acceptors (Lipinski definition) is 4. The molecule has 0 saturated carbocycles. The Morgan fingerprint density at radius 2 is 1.52 bits per heavy atom. The van der Waals surface area contributed by atoms with E-state index in [-0.39, 0.29) is 12.5 Å². The van der Waals surface area contributed by atoms with Crippen molar-refractivity contribution in [1.82, 2.24) is 10.6 Å². The monoisotopic (exact) mass is 460 g/mol. The minimum absolute atomic E-state index is 0.0327. The first-order valence-corrected chi connectivity index (χ1v) is 10.6. The summed E-state index contributed by atoms with van der Waals surface area (Å²) in [6.07, 6.45) is -4.86. The van der Waals surface area contributed by atoms with Crippen molar-refractivity contribution in [3.05, 3.63) is 59.7 Å². The Morgan fingerprint density at radius 1 is 0.970 bits per heavy atom. The summed E-state index contributed by atoms with van der Waals surface area (Å²) in [5, 5.41) is 13.2. The van der Waals surface area contributed by atoms with Gasteiger partial charge in [0.15, 0.2) is 0 Å². The molecule has 0 aliphatic heterocycles. The van der Waals surface area contributed by atoms with Crippen LogP contribution in [0.15, 0.2) is 48.5 Å². The number of amides is 2. The molecule has 0 saturated heterocycles. The van der Waals surface area contributed by atoms with Crippen molar-refractivity contribution in [1.29, 1.82) is 0 Å². The first kappa shape index (κ1) is 24.2. The van der Waals surface area contributed by atoms with Crippen molar-refractivity contribution in [2.24, 2.45) is 5.92 Å². The van der Waals surface area contributed by atoms with E-state index in [2.05, 4.69) is 5.32 Å². The number of carbonyl (C=O) groups is 3. The number of rotatable bonds is 9. The van der Waals surface area contributed by atoms with Crippen LogP contribution in [0.4, 0.5) is 13.6 Å². The van der Waals surface area contributed by atoms with E-state index in [1.165, 1.54) is 0 Å². The lowest BCUT2D eigenvalue weighted by Gasteiger charge is -2.25. The van der Waals surface area contributed by atoms with Crippen molar-refractivity contribution in [2.75, 3.05) is 6.61 Å². The van der Waals surface area contributed by atoms with Crippen LogP contribution in [0, 0.1) is 5.92 Å². The summed E-state index contributed by atoms with van der Waals surface area (Å²) in [5.74, 6) is -2.99. The second kappa shape index (κ2) is 10.4. The summed E-state index contributed by atoms with van der Waals surface area (Å²) in [6.45, 7) is 3.29. The number of ether oxygens (including phenoxy) is 1. The molecule has 1 aliphatic rings. The molecule has 1 aliphatic carbocycles. The summed E-state index contributed by atoms with van der Waals surface area (Å²) in [4.78, 5) is 35.8. The quantitative estimate of drug-likeness (QED) is 0.528. The number of carboxylic acid groups (broad SMARTS) is 1. The molecule has 0 bridgehead atoms.